The Morgan fingerprint density at radius 3 is 2.60 bits per heavy atom. The summed E-state index contributed by atoms with van der Waals surface area (Å²) in [6.07, 6.45) is -0.0733. The van der Waals surface area contributed by atoms with Crippen LogP contribution in [0, 0.1) is 5.41 Å². The molecule has 1 heterocycles. The van der Waals surface area contributed by atoms with E-state index in [0.717, 1.165) is 37.8 Å². The van der Waals surface area contributed by atoms with Gasteiger partial charge in [0.1, 0.15) is 17.4 Å². The molecule has 3 aromatic rings. The fourth-order valence-corrected chi connectivity index (χ4v) is 3.59. The number of nitrogens with zero attached hydrogens (tertiary/aromatic N) is 3. The van der Waals surface area contributed by atoms with Gasteiger partial charge in [0.2, 0.25) is 0 Å². The first-order valence-electron chi connectivity index (χ1n) is 8.18. The van der Waals surface area contributed by atoms with Gasteiger partial charge in [-0.05, 0) is 58.1 Å². The van der Waals surface area contributed by atoms with E-state index >= 15 is 0 Å². The van der Waals surface area contributed by atoms with Crippen LogP contribution >= 0.6 is 31.9 Å². The lowest BCUT2D eigenvalue weighted by Gasteiger charge is -2.18. The monoisotopic (exact) mass is 465 g/mol. The minimum atomic E-state index is -0.0733. The molecule has 0 amide bonds. The van der Waals surface area contributed by atoms with Crippen molar-refractivity contribution in [2.75, 3.05) is 0 Å². The van der Waals surface area contributed by atoms with E-state index in [4.69, 9.17) is 4.74 Å². The first-order valence-corrected chi connectivity index (χ1v) is 9.77. The topological polar surface area (TPSA) is 39.9 Å². The number of hydrogen-bond acceptors (Lipinski definition) is 3. The molecule has 0 aliphatic carbocycles. The first kappa shape index (κ1) is 18.4. The summed E-state index contributed by atoms with van der Waals surface area (Å²) >= 11 is 7.14. The zero-order valence-electron chi connectivity index (χ0n) is 14.8. The lowest BCUT2D eigenvalue weighted by Crippen LogP contribution is -2.16. The molecule has 1 atom stereocenters. The molecule has 6 heteroatoms. The Balaban J connectivity index is 1.89. The van der Waals surface area contributed by atoms with Crippen molar-refractivity contribution in [2.24, 2.45) is 5.41 Å². The van der Waals surface area contributed by atoms with Crippen LogP contribution in [0.4, 0.5) is 0 Å². The van der Waals surface area contributed by atoms with E-state index in [1.807, 2.05) is 35.9 Å². The molecule has 0 radical (unpaired) electrons. The normalized spacial score (nSPS) is 13.2. The first-order chi connectivity index (χ1) is 11.7. The quantitative estimate of drug-likeness (QED) is 0.463. The molecule has 0 saturated heterocycles. The summed E-state index contributed by atoms with van der Waals surface area (Å²) in [7, 11) is 0. The SMILES string of the molecule is CC(Oc1ccc2c(nnn2CC(C)(C)C)c1Br)c1cccc(Br)c1. The highest BCUT2D eigenvalue weighted by atomic mass is 79.9. The Labute approximate surface area is 164 Å². The van der Waals surface area contributed by atoms with Gasteiger partial charge in [0.05, 0.1) is 9.99 Å². The third-order valence-electron chi connectivity index (χ3n) is 3.84. The molecule has 0 aliphatic rings. The molecule has 4 nitrogen and oxygen atoms in total. The van der Waals surface area contributed by atoms with E-state index in [9.17, 15) is 0 Å². The van der Waals surface area contributed by atoms with Crippen molar-refractivity contribution in [3.8, 4) is 5.75 Å². The van der Waals surface area contributed by atoms with Gasteiger partial charge in [0.15, 0.2) is 0 Å². The lowest BCUT2D eigenvalue weighted by atomic mass is 9.97. The maximum atomic E-state index is 6.16. The summed E-state index contributed by atoms with van der Waals surface area (Å²) in [5.41, 5.74) is 3.07. The summed E-state index contributed by atoms with van der Waals surface area (Å²) in [5, 5.41) is 8.64. The van der Waals surface area contributed by atoms with Crippen molar-refractivity contribution < 1.29 is 4.74 Å². The smallest absolute Gasteiger partial charge is 0.136 e. The maximum Gasteiger partial charge on any atom is 0.136 e. The van der Waals surface area contributed by atoms with Crippen LogP contribution in [0.1, 0.15) is 39.4 Å². The molecule has 25 heavy (non-hydrogen) atoms. The summed E-state index contributed by atoms with van der Waals surface area (Å²) < 4.78 is 9.99. The fourth-order valence-electron chi connectivity index (χ4n) is 2.66. The molecule has 1 aromatic heterocycles. The van der Waals surface area contributed by atoms with Crippen LogP contribution < -0.4 is 4.74 Å². The number of ether oxygens (including phenoxy) is 1. The highest BCUT2D eigenvalue weighted by molar-refractivity contribution is 9.11. The number of benzene rings is 2. The van der Waals surface area contributed by atoms with Crippen LogP contribution in [-0.4, -0.2) is 15.0 Å². The summed E-state index contributed by atoms with van der Waals surface area (Å²) in [4.78, 5) is 0. The van der Waals surface area contributed by atoms with Crippen LogP contribution in [-0.2, 0) is 6.54 Å². The van der Waals surface area contributed by atoms with E-state index in [1.165, 1.54) is 0 Å². The summed E-state index contributed by atoms with van der Waals surface area (Å²) in [6, 6.07) is 12.1. The number of hydrogen-bond donors (Lipinski definition) is 0. The highest BCUT2D eigenvalue weighted by Crippen LogP contribution is 2.35. The average Bonchev–Trinajstić information content (AvgIpc) is 2.92. The van der Waals surface area contributed by atoms with Gasteiger partial charge in [-0.25, -0.2) is 4.68 Å². The Bertz CT molecular complexity index is 899. The molecule has 1 unspecified atom stereocenters. The molecule has 0 fully saturated rings. The highest BCUT2D eigenvalue weighted by Gasteiger charge is 2.18. The van der Waals surface area contributed by atoms with Crippen molar-refractivity contribution in [2.45, 2.75) is 40.3 Å². The number of halogens is 2. The van der Waals surface area contributed by atoms with E-state index in [-0.39, 0.29) is 11.5 Å². The minimum absolute atomic E-state index is 0.0733. The fraction of sp³-hybridized carbons (Fsp3) is 0.368. The van der Waals surface area contributed by atoms with Gasteiger partial charge >= 0.3 is 0 Å². The van der Waals surface area contributed by atoms with Gasteiger partial charge in [0.25, 0.3) is 0 Å². The van der Waals surface area contributed by atoms with Crippen molar-refractivity contribution >= 4 is 42.9 Å². The van der Waals surface area contributed by atoms with E-state index in [2.05, 4.69) is 75.1 Å². The molecule has 0 spiro atoms. The molecule has 0 N–H and O–H groups in total. The Kier molecular flexibility index (Phi) is 5.21. The van der Waals surface area contributed by atoms with Crippen molar-refractivity contribution in [3.05, 3.63) is 50.9 Å². The second-order valence-corrected chi connectivity index (χ2v) is 9.08. The predicted octanol–water partition coefficient (Wildman–Crippen LogP) is 6.14. The Morgan fingerprint density at radius 2 is 1.92 bits per heavy atom. The zero-order valence-corrected chi connectivity index (χ0v) is 17.9. The van der Waals surface area contributed by atoms with Crippen LogP contribution in [0.15, 0.2) is 45.3 Å². The molecule has 0 bridgehead atoms. The molecule has 3 rings (SSSR count). The second-order valence-electron chi connectivity index (χ2n) is 7.37. The van der Waals surface area contributed by atoms with Crippen LogP contribution in [0.25, 0.3) is 11.0 Å². The van der Waals surface area contributed by atoms with Crippen LogP contribution in [0.3, 0.4) is 0 Å². The van der Waals surface area contributed by atoms with Crippen LogP contribution in [0.5, 0.6) is 5.75 Å². The van der Waals surface area contributed by atoms with Gasteiger partial charge in [-0.3, -0.25) is 0 Å². The second kappa shape index (κ2) is 7.08. The third-order valence-corrected chi connectivity index (χ3v) is 5.10. The largest absolute Gasteiger partial charge is 0.485 e. The average molecular weight is 467 g/mol. The molecule has 0 saturated carbocycles. The molecular weight excluding hydrogens is 446 g/mol. The number of fused-ring (bicyclic) bond motifs is 1. The van der Waals surface area contributed by atoms with E-state index in [0.29, 0.717) is 0 Å². The number of aromatic nitrogens is 3. The minimum Gasteiger partial charge on any atom is -0.485 e. The standard InChI is InChI=1S/C19H21Br2N3O/c1-12(13-6-5-7-14(20)10-13)25-16-9-8-15-18(17(16)21)22-23-24(15)11-19(2,3)4/h5-10,12H,11H2,1-4H3. The van der Waals surface area contributed by atoms with E-state index in [1.54, 1.807) is 0 Å². The molecule has 2 aromatic carbocycles. The Hall–Kier alpha value is -1.40. The van der Waals surface area contributed by atoms with Crippen molar-refractivity contribution in [1.82, 2.24) is 15.0 Å². The molecule has 0 aliphatic heterocycles. The summed E-state index contributed by atoms with van der Waals surface area (Å²) in [6.45, 7) is 9.41. The van der Waals surface area contributed by atoms with Crippen LogP contribution in [0.2, 0.25) is 0 Å². The predicted molar refractivity (Wildman–Crippen MR) is 108 cm³/mol. The number of rotatable bonds is 4. The van der Waals surface area contributed by atoms with Gasteiger partial charge in [-0.15, -0.1) is 5.10 Å². The van der Waals surface area contributed by atoms with Gasteiger partial charge in [-0.1, -0.05) is 54.0 Å². The lowest BCUT2D eigenvalue weighted by molar-refractivity contribution is 0.225. The van der Waals surface area contributed by atoms with Crippen molar-refractivity contribution in [1.29, 1.82) is 0 Å². The van der Waals surface area contributed by atoms with E-state index < -0.39 is 0 Å². The van der Waals surface area contributed by atoms with Gasteiger partial charge in [0, 0.05) is 11.0 Å². The van der Waals surface area contributed by atoms with Crippen molar-refractivity contribution in [3.63, 3.8) is 0 Å². The summed E-state index contributed by atoms with van der Waals surface area (Å²) in [5.74, 6) is 0.766. The zero-order chi connectivity index (χ0) is 18.2. The third kappa shape index (κ3) is 4.23. The maximum absolute atomic E-state index is 6.16. The molecule has 132 valence electrons. The molecular formula is C19H21Br2N3O. The van der Waals surface area contributed by atoms with Gasteiger partial charge in [-0.2, -0.15) is 0 Å². The van der Waals surface area contributed by atoms with Gasteiger partial charge < -0.3 is 4.74 Å². The Morgan fingerprint density at radius 1 is 1.16 bits per heavy atom.